The maximum Gasteiger partial charge on any atom is 0.0364 e. The van der Waals surface area contributed by atoms with E-state index in [0.717, 1.165) is 6.42 Å². The van der Waals surface area contributed by atoms with Crippen LogP contribution in [0.4, 0.5) is 0 Å². The highest BCUT2D eigenvalue weighted by Gasteiger charge is 1.98. The minimum atomic E-state index is 0.292. The normalized spacial score (nSPS) is 15.0. The Morgan fingerprint density at radius 1 is 1.57 bits per heavy atom. The molecule has 0 radical (unpaired) electrons. The van der Waals surface area contributed by atoms with Gasteiger partial charge in [0.1, 0.15) is 0 Å². The predicted octanol–water partition coefficient (Wildman–Crippen LogP) is -0.166. The van der Waals surface area contributed by atoms with Gasteiger partial charge >= 0.3 is 0 Å². The van der Waals surface area contributed by atoms with E-state index in [1.54, 1.807) is 0 Å². The quantitative estimate of drug-likeness (QED) is 0.377. The molecule has 0 heterocycles. The highest BCUT2D eigenvalue weighted by Crippen LogP contribution is 1.89. The molecule has 0 fully saturated rings. The number of hydrogen-bond acceptors (Lipinski definition) is 3. The molecule has 0 aromatic carbocycles. The third-order valence-corrected chi connectivity index (χ3v) is 1.10. The first-order valence-corrected chi connectivity index (χ1v) is 2.47. The van der Waals surface area contributed by atoms with Gasteiger partial charge in [-0.25, -0.2) is 0 Å². The van der Waals surface area contributed by atoms with Gasteiger partial charge in [-0.15, -0.1) is 0 Å². The zero-order chi connectivity index (χ0) is 5.86. The van der Waals surface area contributed by atoms with Gasteiger partial charge in [0.2, 0.25) is 0 Å². The van der Waals surface area contributed by atoms with Crippen LogP contribution in [-0.4, -0.2) is 11.2 Å². The molecule has 7 heavy (non-hydrogen) atoms. The minimum Gasteiger partial charge on any atom is -0.255 e. The average molecular weight is 103 g/mol. The van der Waals surface area contributed by atoms with Gasteiger partial charge in [-0.05, 0) is 13.3 Å². The Labute approximate surface area is 44.2 Å². The summed E-state index contributed by atoms with van der Waals surface area (Å²) in [5.41, 5.74) is 0. The van der Waals surface area contributed by atoms with Crippen molar-refractivity contribution >= 4 is 0 Å². The smallest absolute Gasteiger partial charge is 0.0364 e. The molecule has 0 aliphatic heterocycles. The number of hydrogen-bond donors (Lipinski definition) is 2. The molecule has 0 spiro atoms. The summed E-state index contributed by atoms with van der Waals surface area (Å²) in [6, 6.07) is 0.292. The summed E-state index contributed by atoms with van der Waals surface area (Å²) >= 11 is 0. The van der Waals surface area contributed by atoms with Gasteiger partial charge in [-0.2, -0.15) is 5.12 Å². The van der Waals surface area contributed by atoms with E-state index in [9.17, 15) is 0 Å². The predicted molar refractivity (Wildman–Crippen MR) is 30.0 cm³/mol. The Morgan fingerprint density at radius 2 is 2.00 bits per heavy atom. The Hall–Kier alpha value is -0.120. The molecule has 0 saturated carbocycles. The van der Waals surface area contributed by atoms with Crippen LogP contribution in [0.3, 0.4) is 0 Å². The lowest BCUT2D eigenvalue weighted by Crippen LogP contribution is -2.44. The van der Waals surface area contributed by atoms with E-state index < -0.39 is 0 Å². The second kappa shape index (κ2) is 2.96. The van der Waals surface area contributed by atoms with E-state index in [4.69, 9.17) is 11.7 Å². The summed E-state index contributed by atoms with van der Waals surface area (Å²) in [5.74, 6) is 10.3. The maximum absolute atomic E-state index is 5.16. The second-order valence-corrected chi connectivity index (χ2v) is 1.70. The molecule has 44 valence electrons. The molecule has 0 aliphatic carbocycles. The minimum absolute atomic E-state index is 0.292. The summed E-state index contributed by atoms with van der Waals surface area (Å²) in [5, 5.41) is 1.22. The fourth-order valence-electron chi connectivity index (χ4n) is 0.211. The monoisotopic (exact) mass is 103 g/mol. The summed E-state index contributed by atoms with van der Waals surface area (Å²) in [4.78, 5) is 0. The van der Waals surface area contributed by atoms with Gasteiger partial charge in [0.15, 0.2) is 0 Å². The van der Waals surface area contributed by atoms with Crippen molar-refractivity contribution in [2.45, 2.75) is 26.3 Å². The zero-order valence-electron chi connectivity index (χ0n) is 4.89. The van der Waals surface area contributed by atoms with Crippen molar-refractivity contribution in [1.82, 2.24) is 5.12 Å². The third kappa shape index (κ3) is 2.56. The number of nitrogens with zero attached hydrogens (tertiary/aromatic N) is 1. The van der Waals surface area contributed by atoms with Crippen LogP contribution in [0.25, 0.3) is 0 Å². The number of hydrazine groups is 2. The molecular weight excluding hydrogens is 90.1 g/mol. The molecule has 0 amide bonds. The first kappa shape index (κ1) is 6.88. The van der Waals surface area contributed by atoms with Crippen molar-refractivity contribution in [3.8, 4) is 0 Å². The van der Waals surface area contributed by atoms with Gasteiger partial charge in [-0.3, -0.25) is 11.7 Å². The lowest BCUT2D eigenvalue weighted by atomic mass is 10.3. The molecule has 0 bridgehead atoms. The molecule has 0 aromatic rings. The lowest BCUT2D eigenvalue weighted by molar-refractivity contribution is 0.215. The highest BCUT2D eigenvalue weighted by atomic mass is 15.6. The summed E-state index contributed by atoms with van der Waals surface area (Å²) in [7, 11) is 0. The van der Waals surface area contributed by atoms with Crippen LogP contribution in [0.5, 0.6) is 0 Å². The van der Waals surface area contributed by atoms with E-state index in [1.165, 1.54) is 5.12 Å². The van der Waals surface area contributed by atoms with Gasteiger partial charge in [-0.1, -0.05) is 6.92 Å². The molecule has 1 atom stereocenters. The van der Waals surface area contributed by atoms with Crippen molar-refractivity contribution in [1.29, 1.82) is 0 Å². The summed E-state index contributed by atoms with van der Waals surface area (Å²) < 4.78 is 0. The molecule has 4 N–H and O–H groups in total. The van der Waals surface area contributed by atoms with Crippen molar-refractivity contribution in [2.24, 2.45) is 11.7 Å². The topological polar surface area (TPSA) is 55.3 Å². The molecule has 3 heteroatoms. The zero-order valence-corrected chi connectivity index (χ0v) is 4.89. The second-order valence-electron chi connectivity index (χ2n) is 1.70. The molecule has 1 unspecified atom stereocenters. The Bertz CT molecular complexity index is 44.2. The van der Waals surface area contributed by atoms with E-state index in [0.29, 0.717) is 6.04 Å². The summed E-state index contributed by atoms with van der Waals surface area (Å²) in [6.45, 7) is 4.01. The van der Waals surface area contributed by atoms with Crippen molar-refractivity contribution in [3.05, 3.63) is 0 Å². The van der Waals surface area contributed by atoms with Crippen molar-refractivity contribution in [2.75, 3.05) is 0 Å². The van der Waals surface area contributed by atoms with Crippen molar-refractivity contribution < 1.29 is 0 Å². The van der Waals surface area contributed by atoms with E-state index in [2.05, 4.69) is 0 Å². The van der Waals surface area contributed by atoms with Crippen LogP contribution in [0.2, 0.25) is 0 Å². The number of nitrogens with two attached hydrogens (primary N) is 2. The van der Waals surface area contributed by atoms with Crippen LogP contribution in [0.15, 0.2) is 0 Å². The first-order valence-electron chi connectivity index (χ1n) is 2.47. The van der Waals surface area contributed by atoms with E-state index in [1.807, 2.05) is 13.8 Å². The molecular formula is C4H13N3. The first-order chi connectivity index (χ1) is 3.18. The summed E-state index contributed by atoms with van der Waals surface area (Å²) in [6.07, 6.45) is 0.993. The van der Waals surface area contributed by atoms with Crippen LogP contribution in [0, 0.1) is 0 Å². The molecule has 0 aliphatic rings. The molecule has 0 saturated heterocycles. The molecule has 0 aromatic heterocycles. The Morgan fingerprint density at radius 3 is 2.00 bits per heavy atom. The maximum atomic E-state index is 5.16. The van der Waals surface area contributed by atoms with Gasteiger partial charge < -0.3 is 0 Å². The SMILES string of the molecule is CCC(C)N(N)N. The van der Waals surface area contributed by atoms with E-state index >= 15 is 0 Å². The highest BCUT2D eigenvalue weighted by molar-refractivity contribution is 4.49. The van der Waals surface area contributed by atoms with Crippen LogP contribution >= 0.6 is 0 Å². The van der Waals surface area contributed by atoms with Gasteiger partial charge in [0.05, 0.1) is 0 Å². The Kier molecular flexibility index (Phi) is 2.91. The lowest BCUT2D eigenvalue weighted by Gasteiger charge is -2.15. The largest absolute Gasteiger partial charge is 0.255 e. The van der Waals surface area contributed by atoms with Crippen LogP contribution in [0.1, 0.15) is 20.3 Å². The standard InChI is InChI=1S/C4H13N3/c1-3-4(2)7(5)6/h4H,3,5-6H2,1-2H3. The third-order valence-electron chi connectivity index (χ3n) is 1.10. The van der Waals surface area contributed by atoms with Crippen LogP contribution < -0.4 is 11.7 Å². The fraction of sp³-hybridized carbons (Fsp3) is 1.00. The number of rotatable bonds is 2. The average Bonchev–Trinajstić information content (AvgIpc) is 1.65. The van der Waals surface area contributed by atoms with Gasteiger partial charge in [0, 0.05) is 6.04 Å². The molecule has 3 nitrogen and oxygen atoms in total. The van der Waals surface area contributed by atoms with E-state index in [-0.39, 0.29) is 0 Å². The van der Waals surface area contributed by atoms with Crippen molar-refractivity contribution in [3.63, 3.8) is 0 Å². The van der Waals surface area contributed by atoms with Crippen LogP contribution in [-0.2, 0) is 0 Å². The molecule has 0 rings (SSSR count). The van der Waals surface area contributed by atoms with Gasteiger partial charge in [0.25, 0.3) is 0 Å². The fourth-order valence-corrected chi connectivity index (χ4v) is 0.211. The Balaban J connectivity index is 3.14.